The second-order valence-electron chi connectivity index (χ2n) is 7.65. The van der Waals surface area contributed by atoms with Gasteiger partial charge in [0.1, 0.15) is 0 Å². The summed E-state index contributed by atoms with van der Waals surface area (Å²) in [7, 11) is 1.33. The smallest absolute Gasteiger partial charge is 0.337 e. The summed E-state index contributed by atoms with van der Waals surface area (Å²) in [6.07, 6.45) is 1.68. The van der Waals surface area contributed by atoms with E-state index in [1.165, 1.54) is 12.7 Å². The molecule has 1 aliphatic heterocycles. The number of benzene rings is 2. The zero-order valence-electron chi connectivity index (χ0n) is 18.9. The first-order chi connectivity index (χ1) is 15.4. The first kappa shape index (κ1) is 23.1. The standard InChI is InChI=1S/C25H29N3O4/c1-5-15-28-16(3)21(24(30)32-4)22(27-25(28)31)18-11-13-20(14-12-18)26-23(29)19-9-7-17(6-2)8-10-19/h7-14,22H,5-6,15H2,1-4H3,(H,26,29)(H,27,31). The van der Waals surface area contributed by atoms with Crippen LogP contribution < -0.4 is 10.6 Å². The lowest BCUT2D eigenvalue weighted by Crippen LogP contribution is -2.48. The first-order valence-electron chi connectivity index (χ1n) is 10.8. The number of aryl methyl sites for hydroxylation is 1. The molecule has 0 spiro atoms. The molecule has 0 radical (unpaired) electrons. The Morgan fingerprint density at radius 3 is 2.28 bits per heavy atom. The van der Waals surface area contributed by atoms with E-state index in [9.17, 15) is 14.4 Å². The molecule has 1 heterocycles. The maximum atomic E-state index is 12.6. The predicted molar refractivity (Wildman–Crippen MR) is 123 cm³/mol. The van der Waals surface area contributed by atoms with Crippen LogP contribution in [0.2, 0.25) is 0 Å². The summed E-state index contributed by atoms with van der Waals surface area (Å²) in [6, 6.07) is 13.7. The zero-order valence-corrected chi connectivity index (χ0v) is 18.9. The molecular formula is C25H29N3O4. The van der Waals surface area contributed by atoms with E-state index < -0.39 is 12.0 Å². The van der Waals surface area contributed by atoms with Crippen LogP contribution in [0.25, 0.3) is 0 Å². The number of urea groups is 1. The molecule has 1 unspecified atom stereocenters. The normalized spacial score (nSPS) is 15.9. The zero-order chi connectivity index (χ0) is 23.3. The van der Waals surface area contributed by atoms with Crippen molar-refractivity contribution in [2.45, 2.75) is 39.7 Å². The van der Waals surface area contributed by atoms with Gasteiger partial charge in [-0.05, 0) is 55.2 Å². The van der Waals surface area contributed by atoms with E-state index >= 15 is 0 Å². The number of rotatable bonds is 7. The van der Waals surface area contributed by atoms with Gasteiger partial charge in [-0.15, -0.1) is 0 Å². The van der Waals surface area contributed by atoms with E-state index in [0.29, 0.717) is 29.1 Å². The summed E-state index contributed by atoms with van der Waals surface area (Å²) in [5.74, 6) is -0.686. The molecule has 3 amide bonds. The minimum atomic E-state index is -0.630. The molecule has 2 N–H and O–H groups in total. The van der Waals surface area contributed by atoms with Crippen molar-refractivity contribution in [2.24, 2.45) is 0 Å². The molecule has 7 heteroatoms. The maximum Gasteiger partial charge on any atom is 0.337 e. The van der Waals surface area contributed by atoms with E-state index in [4.69, 9.17) is 4.74 Å². The summed E-state index contributed by atoms with van der Waals surface area (Å²) in [6.45, 7) is 6.30. The lowest BCUT2D eigenvalue weighted by Gasteiger charge is -2.35. The molecule has 3 rings (SSSR count). The van der Waals surface area contributed by atoms with Crippen molar-refractivity contribution in [2.75, 3.05) is 19.0 Å². The fourth-order valence-electron chi connectivity index (χ4n) is 3.75. The molecule has 0 fully saturated rings. The van der Waals surface area contributed by atoms with Crippen LogP contribution in [0.1, 0.15) is 54.7 Å². The Hall–Kier alpha value is -3.61. The number of esters is 1. The van der Waals surface area contributed by atoms with Crippen molar-refractivity contribution in [3.05, 3.63) is 76.5 Å². The van der Waals surface area contributed by atoms with Crippen molar-refractivity contribution in [1.82, 2.24) is 10.2 Å². The van der Waals surface area contributed by atoms with Gasteiger partial charge in [0.2, 0.25) is 0 Å². The number of ether oxygens (including phenoxy) is 1. The molecule has 0 aliphatic carbocycles. The Morgan fingerprint density at radius 1 is 1.06 bits per heavy atom. The fraction of sp³-hybridized carbons (Fsp3) is 0.320. The number of methoxy groups -OCH3 is 1. The molecule has 0 aromatic heterocycles. The molecule has 0 bridgehead atoms. The van der Waals surface area contributed by atoms with Crippen LogP contribution in [-0.2, 0) is 16.0 Å². The molecule has 2 aromatic rings. The third-order valence-electron chi connectivity index (χ3n) is 5.58. The number of carbonyl (C=O) groups excluding carboxylic acids is 3. The summed E-state index contributed by atoms with van der Waals surface area (Å²) >= 11 is 0. The van der Waals surface area contributed by atoms with Gasteiger partial charge in [0.05, 0.1) is 18.7 Å². The molecule has 168 valence electrons. The van der Waals surface area contributed by atoms with Crippen molar-refractivity contribution < 1.29 is 19.1 Å². The molecule has 7 nitrogen and oxygen atoms in total. The van der Waals surface area contributed by atoms with E-state index in [2.05, 4.69) is 17.6 Å². The van der Waals surface area contributed by atoms with Crippen molar-refractivity contribution >= 4 is 23.6 Å². The van der Waals surface area contributed by atoms with Crippen LogP contribution >= 0.6 is 0 Å². The number of nitrogens with zero attached hydrogens (tertiary/aromatic N) is 1. The van der Waals surface area contributed by atoms with E-state index in [-0.39, 0.29) is 11.9 Å². The number of amides is 3. The lowest BCUT2D eigenvalue weighted by molar-refractivity contribution is -0.136. The van der Waals surface area contributed by atoms with Crippen LogP contribution in [0.3, 0.4) is 0 Å². The second kappa shape index (κ2) is 10.1. The SMILES string of the molecule is CCCN1C(=O)NC(c2ccc(NC(=O)c3ccc(CC)cc3)cc2)C(C(=O)OC)=C1C. The Labute approximate surface area is 188 Å². The average molecular weight is 436 g/mol. The Balaban J connectivity index is 1.82. The van der Waals surface area contributed by atoms with Crippen LogP contribution in [0.15, 0.2) is 59.8 Å². The average Bonchev–Trinajstić information content (AvgIpc) is 2.81. The number of hydrogen-bond donors (Lipinski definition) is 2. The second-order valence-corrected chi connectivity index (χ2v) is 7.65. The van der Waals surface area contributed by atoms with E-state index in [0.717, 1.165) is 18.4 Å². The number of anilines is 1. The van der Waals surface area contributed by atoms with Gasteiger partial charge < -0.3 is 15.4 Å². The van der Waals surface area contributed by atoms with Crippen LogP contribution in [-0.4, -0.2) is 36.5 Å². The minimum absolute atomic E-state index is 0.201. The number of nitrogens with one attached hydrogen (secondary N) is 2. The quantitative estimate of drug-likeness (QED) is 0.630. The maximum absolute atomic E-state index is 12.6. The van der Waals surface area contributed by atoms with Gasteiger partial charge in [-0.2, -0.15) is 0 Å². The van der Waals surface area contributed by atoms with Crippen molar-refractivity contribution in [3.8, 4) is 0 Å². The number of allylic oxidation sites excluding steroid dienone is 1. The minimum Gasteiger partial charge on any atom is -0.466 e. The highest BCUT2D eigenvalue weighted by Crippen LogP contribution is 2.32. The van der Waals surface area contributed by atoms with Crippen LogP contribution in [0, 0.1) is 0 Å². The number of carbonyl (C=O) groups is 3. The van der Waals surface area contributed by atoms with Gasteiger partial charge in [-0.25, -0.2) is 9.59 Å². The van der Waals surface area contributed by atoms with Gasteiger partial charge in [0.15, 0.2) is 0 Å². The molecule has 0 saturated heterocycles. The Morgan fingerprint density at radius 2 is 1.72 bits per heavy atom. The molecule has 1 atom stereocenters. The Bertz CT molecular complexity index is 1030. The highest BCUT2D eigenvalue weighted by Gasteiger charge is 2.35. The van der Waals surface area contributed by atoms with Gasteiger partial charge >= 0.3 is 12.0 Å². The predicted octanol–water partition coefficient (Wildman–Crippen LogP) is 4.42. The van der Waals surface area contributed by atoms with Crippen molar-refractivity contribution in [1.29, 1.82) is 0 Å². The third kappa shape index (κ3) is 4.82. The third-order valence-corrected chi connectivity index (χ3v) is 5.58. The monoisotopic (exact) mass is 435 g/mol. The van der Waals surface area contributed by atoms with Gasteiger partial charge in [-0.3, -0.25) is 9.69 Å². The molecular weight excluding hydrogens is 406 g/mol. The summed E-state index contributed by atoms with van der Waals surface area (Å²) in [5, 5.41) is 5.78. The summed E-state index contributed by atoms with van der Waals surface area (Å²) < 4.78 is 4.98. The van der Waals surface area contributed by atoms with Gasteiger partial charge in [0.25, 0.3) is 5.91 Å². The lowest BCUT2D eigenvalue weighted by atomic mass is 9.94. The van der Waals surface area contributed by atoms with E-state index in [1.807, 2.05) is 19.1 Å². The van der Waals surface area contributed by atoms with E-state index in [1.54, 1.807) is 48.2 Å². The largest absolute Gasteiger partial charge is 0.466 e. The Kier molecular flexibility index (Phi) is 7.30. The van der Waals surface area contributed by atoms with Gasteiger partial charge in [-0.1, -0.05) is 38.1 Å². The van der Waals surface area contributed by atoms with Crippen LogP contribution in [0.5, 0.6) is 0 Å². The van der Waals surface area contributed by atoms with Crippen molar-refractivity contribution in [3.63, 3.8) is 0 Å². The molecule has 2 aromatic carbocycles. The summed E-state index contributed by atoms with van der Waals surface area (Å²) in [4.78, 5) is 39.2. The first-order valence-corrected chi connectivity index (χ1v) is 10.8. The number of hydrogen-bond acceptors (Lipinski definition) is 4. The topological polar surface area (TPSA) is 87.7 Å². The molecule has 32 heavy (non-hydrogen) atoms. The fourth-order valence-corrected chi connectivity index (χ4v) is 3.75. The molecule has 0 saturated carbocycles. The molecule has 1 aliphatic rings. The highest BCUT2D eigenvalue weighted by atomic mass is 16.5. The van der Waals surface area contributed by atoms with Gasteiger partial charge in [0, 0.05) is 23.5 Å². The van der Waals surface area contributed by atoms with Crippen LogP contribution in [0.4, 0.5) is 10.5 Å². The summed E-state index contributed by atoms with van der Waals surface area (Å²) in [5.41, 5.74) is 4.07. The highest BCUT2D eigenvalue weighted by molar-refractivity contribution is 6.04.